The van der Waals surface area contributed by atoms with Crippen LogP contribution in [0, 0.1) is 0 Å². The van der Waals surface area contributed by atoms with Gasteiger partial charge in [-0.15, -0.1) is 0 Å². The number of carbonyl (C=O) groups excluding carboxylic acids is 1. The average molecular weight is 424 g/mol. The largest absolute Gasteiger partial charge is 0.418 e. The number of benzene rings is 3. The Labute approximate surface area is 167 Å². The van der Waals surface area contributed by atoms with Gasteiger partial charge in [-0.2, -0.15) is 26.3 Å². The highest BCUT2D eigenvalue weighted by Gasteiger charge is 2.34. The van der Waals surface area contributed by atoms with Crippen LogP contribution >= 0.6 is 0 Å². The topological polar surface area (TPSA) is 41.1 Å². The highest BCUT2D eigenvalue weighted by atomic mass is 19.4. The first-order chi connectivity index (χ1) is 14.1. The second-order valence-corrected chi connectivity index (χ2v) is 6.24. The van der Waals surface area contributed by atoms with E-state index in [-0.39, 0.29) is 16.9 Å². The standard InChI is InChI=1S/C21H14F6N2O/c22-20(23,24)13-9-11-14(12-10-13)28-17-7-3-1-5-15(17)19(30)29-18-8-4-2-6-16(18)21(25,26)27/h1-12,28H,(H,29,30). The molecule has 0 aliphatic carbocycles. The Morgan fingerprint density at radius 3 is 1.83 bits per heavy atom. The van der Waals surface area contributed by atoms with Crippen LogP contribution < -0.4 is 10.6 Å². The van der Waals surface area contributed by atoms with E-state index in [4.69, 9.17) is 0 Å². The quantitative estimate of drug-likeness (QED) is 0.457. The van der Waals surface area contributed by atoms with Gasteiger partial charge in [0.05, 0.1) is 28.1 Å². The lowest BCUT2D eigenvalue weighted by molar-refractivity contribution is -0.138. The molecule has 0 fully saturated rings. The summed E-state index contributed by atoms with van der Waals surface area (Å²) in [4.78, 5) is 12.6. The molecule has 3 aromatic rings. The van der Waals surface area contributed by atoms with E-state index in [1.807, 2.05) is 0 Å². The zero-order valence-electron chi connectivity index (χ0n) is 15.1. The number of hydrogen-bond donors (Lipinski definition) is 2. The molecule has 0 saturated heterocycles. The molecule has 0 aliphatic heterocycles. The van der Waals surface area contributed by atoms with Gasteiger partial charge in [0.25, 0.3) is 5.91 Å². The molecule has 30 heavy (non-hydrogen) atoms. The molecule has 0 spiro atoms. The molecule has 3 nitrogen and oxygen atoms in total. The van der Waals surface area contributed by atoms with Gasteiger partial charge in [0.15, 0.2) is 0 Å². The van der Waals surface area contributed by atoms with Crippen molar-refractivity contribution in [2.45, 2.75) is 12.4 Å². The fourth-order valence-corrected chi connectivity index (χ4v) is 2.72. The molecule has 0 saturated carbocycles. The van der Waals surface area contributed by atoms with Crippen LogP contribution in [0.5, 0.6) is 0 Å². The zero-order chi connectivity index (χ0) is 21.9. The molecule has 3 aromatic carbocycles. The van der Waals surface area contributed by atoms with Crippen LogP contribution in [0.4, 0.5) is 43.4 Å². The first-order valence-electron chi connectivity index (χ1n) is 8.56. The van der Waals surface area contributed by atoms with Crippen molar-refractivity contribution in [2.24, 2.45) is 0 Å². The van der Waals surface area contributed by atoms with Gasteiger partial charge in [-0.25, -0.2) is 0 Å². The number of anilines is 3. The van der Waals surface area contributed by atoms with Gasteiger partial charge >= 0.3 is 12.4 Å². The third-order valence-electron chi connectivity index (χ3n) is 4.14. The van der Waals surface area contributed by atoms with E-state index in [9.17, 15) is 31.1 Å². The van der Waals surface area contributed by atoms with Crippen molar-refractivity contribution in [1.29, 1.82) is 0 Å². The monoisotopic (exact) mass is 424 g/mol. The number of rotatable bonds is 4. The number of alkyl halides is 6. The van der Waals surface area contributed by atoms with Crippen molar-refractivity contribution in [2.75, 3.05) is 10.6 Å². The summed E-state index contributed by atoms with van der Waals surface area (Å²) in [5.74, 6) is -0.804. The minimum absolute atomic E-state index is 0.0226. The maximum atomic E-state index is 13.1. The van der Waals surface area contributed by atoms with Crippen LogP contribution in [0.3, 0.4) is 0 Å². The lowest BCUT2D eigenvalue weighted by atomic mass is 10.1. The first-order valence-corrected chi connectivity index (χ1v) is 8.56. The Balaban J connectivity index is 1.85. The summed E-state index contributed by atoms with van der Waals surface area (Å²) in [6, 6.07) is 14.7. The molecular weight excluding hydrogens is 410 g/mol. The highest BCUT2D eigenvalue weighted by Crippen LogP contribution is 2.35. The SMILES string of the molecule is O=C(Nc1ccccc1C(F)(F)F)c1ccccc1Nc1ccc(C(F)(F)F)cc1. The van der Waals surface area contributed by atoms with Gasteiger partial charge in [0.2, 0.25) is 0 Å². The van der Waals surface area contributed by atoms with E-state index < -0.39 is 35.1 Å². The number of carbonyl (C=O) groups is 1. The van der Waals surface area contributed by atoms with Gasteiger partial charge in [0.1, 0.15) is 0 Å². The molecule has 0 aliphatic rings. The molecule has 1 amide bonds. The Hall–Kier alpha value is -3.49. The number of hydrogen-bond acceptors (Lipinski definition) is 2. The summed E-state index contributed by atoms with van der Waals surface area (Å²) in [5, 5.41) is 5.05. The van der Waals surface area contributed by atoms with Crippen LogP contribution in [0.2, 0.25) is 0 Å². The van der Waals surface area contributed by atoms with Gasteiger partial charge in [-0.1, -0.05) is 24.3 Å². The predicted molar refractivity (Wildman–Crippen MR) is 101 cm³/mol. The molecule has 0 atom stereocenters. The van der Waals surface area contributed by atoms with Gasteiger partial charge < -0.3 is 10.6 Å². The molecule has 2 N–H and O–H groups in total. The summed E-state index contributed by atoms with van der Waals surface area (Å²) in [6.45, 7) is 0. The van der Waals surface area contributed by atoms with Crippen LogP contribution in [-0.2, 0) is 12.4 Å². The third kappa shape index (κ3) is 4.91. The maximum absolute atomic E-state index is 13.1. The van der Waals surface area contributed by atoms with Crippen molar-refractivity contribution < 1.29 is 31.1 Å². The highest BCUT2D eigenvalue weighted by molar-refractivity contribution is 6.08. The van der Waals surface area contributed by atoms with Crippen molar-refractivity contribution >= 4 is 23.0 Å². The van der Waals surface area contributed by atoms with Crippen molar-refractivity contribution in [3.05, 3.63) is 89.5 Å². The first kappa shape index (κ1) is 21.2. The molecule has 9 heteroatoms. The van der Waals surface area contributed by atoms with Gasteiger partial charge in [0, 0.05) is 5.69 Å². The van der Waals surface area contributed by atoms with Crippen LogP contribution in [0.25, 0.3) is 0 Å². The molecule has 0 unspecified atom stereocenters. The fourth-order valence-electron chi connectivity index (χ4n) is 2.72. The fraction of sp³-hybridized carbons (Fsp3) is 0.0952. The molecule has 156 valence electrons. The predicted octanol–water partition coefficient (Wildman–Crippen LogP) is 6.72. The number of amides is 1. The summed E-state index contributed by atoms with van der Waals surface area (Å²) >= 11 is 0. The lowest BCUT2D eigenvalue weighted by Crippen LogP contribution is -2.17. The summed E-state index contributed by atoms with van der Waals surface area (Å²) in [7, 11) is 0. The second kappa shape index (κ2) is 8.10. The summed E-state index contributed by atoms with van der Waals surface area (Å²) < 4.78 is 77.5. The Bertz CT molecular complexity index is 1040. The van der Waals surface area contributed by atoms with Crippen molar-refractivity contribution in [3.8, 4) is 0 Å². The lowest BCUT2D eigenvalue weighted by Gasteiger charge is -2.16. The molecule has 0 aromatic heterocycles. The second-order valence-electron chi connectivity index (χ2n) is 6.24. The van der Waals surface area contributed by atoms with Crippen molar-refractivity contribution in [1.82, 2.24) is 0 Å². The Kier molecular flexibility index (Phi) is 5.73. The summed E-state index contributed by atoms with van der Waals surface area (Å²) in [5.41, 5.74) is -1.71. The third-order valence-corrected chi connectivity index (χ3v) is 4.14. The number of para-hydroxylation sites is 2. The minimum atomic E-state index is -4.65. The molecule has 0 radical (unpaired) electrons. The van der Waals surface area contributed by atoms with E-state index in [0.29, 0.717) is 0 Å². The smallest absolute Gasteiger partial charge is 0.355 e. The normalized spacial score (nSPS) is 11.8. The van der Waals surface area contributed by atoms with E-state index in [2.05, 4.69) is 10.6 Å². The van der Waals surface area contributed by atoms with Crippen molar-refractivity contribution in [3.63, 3.8) is 0 Å². The molecule has 3 rings (SSSR count). The summed E-state index contributed by atoms with van der Waals surface area (Å²) in [6.07, 6.45) is -9.13. The van der Waals surface area contributed by atoms with E-state index in [0.717, 1.165) is 24.3 Å². The van der Waals surface area contributed by atoms with Gasteiger partial charge in [-0.3, -0.25) is 4.79 Å². The van der Waals surface area contributed by atoms with Crippen LogP contribution in [0.1, 0.15) is 21.5 Å². The Morgan fingerprint density at radius 2 is 1.23 bits per heavy atom. The van der Waals surface area contributed by atoms with Crippen LogP contribution in [-0.4, -0.2) is 5.91 Å². The Morgan fingerprint density at radius 1 is 0.667 bits per heavy atom. The average Bonchev–Trinajstić information content (AvgIpc) is 2.67. The van der Waals surface area contributed by atoms with E-state index in [1.54, 1.807) is 6.07 Å². The van der Waals surface area contributed by atoms with E-state index >= 15 is 0 Å². The zero-order valence-corrected chi connectivity index (χ0v) is 15.1. The van der Waals surface area contributed by atoms with Crippen LogP contribution in [0.15, 0.2) is 72.8 Å². The minimum Gasteiger partial charge on any atom is -0.355 e. The van der Waals surface area contributed by atoms with E-state index in [1.165, 1.54) is 42.5 Å². The maximum Gasteiger partial charge on any atom is 0.418 e. The number of halogens is 6. The molecule has 0 heterocycles. The molecule has 0 bridgehead atoms. The number of nitrogens with one attached hydrogen (secondary N) is 2. The van der Waals surface area contributed by atoms with Gasteiger partial charge in [-0.05, 0) is 48.5 Å². The molecular formula is C21H14F6N2O.